The zero-order valence-electron chi connectivity index (χ0n) is 22.7. The van der Waals surface area contributed by atoms with E-state index in [9.17, 15) is 23.9 Å². The monoisotopic (exact) mass is 554 g/mol. The number of nitrogens with zero attached hydrogens (tertiary/aromatic N) is 1. The zero-order chi connectivity index (χ0) is 29.2. The van der Waals surface area contributed by atoms with E-state index >= 15 is 0 Å². The van der Waals surface area contributed by atoms with Gasteiger partial charge >= 0.3 is 5.97 Å². The minimum Gasteiger partial charge on any atom is -0.497 e. The van der Waals surface area contributed by atoms with Crippen LogP contribution >= 0.6 is 0 Å². The first-order valence-electron chi connectivity index (χ1n) is 13.2. The fraction of sp³-hybridized carbons (Fsp3) is 0.182. The van der Waals surface area contributed by atoms with Crippen molar-refractivity contribution in [2.75, 3.05) is 20.2 Å². The number of rotatable bonds is 12. The minimum atomic E-state index is -1.01. The number of carboxylic acids is 1. The van der Waals surface area contributed by atoms with Gasteiger partial charge in [0.1, 0.15) is 11.6 Å². The van der Waals surface area contributed by atoms with Crippen molar-refractivity contribution in [2.24, 2.45) is 0 Å². The number of ether oxygens (including phenoxy) is 1. The Hall–Kier alpha value is -4.98. The lowest BCUT2D eigenvalue weighted by Crippen LogP contribution is -2.35. The van der Waals surface area contributed by atoms with E-state index in [0.717, 1.165) is 5.56 Å². The van der Waals surface area contributed by atoms with Gasteiger partial charge in [0.2, 0.25) is 0 Å². The highest BCUT2D eigenvalue weighted by atomic mass is 19.1. The number of carbonyl (C=O) groups excluding carboxylic acids is 2. The van der Waals surface area contributed by atoms with Gasteiger partial charge in [-0.3, -0.25) is 14.4 Å². The van der Waals surface area contributed by atoms with Crippen molar-refractivity contribution in [1.29, 1.82) is 0 Å². The molecule has 8 heteroatoms. The lowest BCUT2D eigenvalue weighted by Gasteiger charge is -2.24. The molecule has 2 N–H and O–H groups in total. The molecule has 210 valence electrons. The standard InChI is InChI=1S/C33H31FN2O5/c1-41-25-11-8-9-23(21-25)17-19-36(20-18-31(37)38)33(40)29-15-6-4-13-27(29)26-12-3-5-14-28(26)32(39)35-22-24-10-2-7-16-30(24)34/h2-16,21H,17-20,22H2,1H3,(H,35,39)(H,37,38). The SMILES string of the molecule is COc1cccc(CCN(CCC(=O)O)C(=O)c2ccccc2-c2ccccc2C(=O)NCc2ccccc2F)c1. The Labute approximate surface area is 238 Å². The van der Waals surface area contributed by atoms with Gasteiger partial charge in [0, 0.05) is 36.3 Å². The summed E-state index contributed by atoms with van der Waals surface area (Å²) in [5.74, 6) is -1.47. The third-order valence-electron chi connectivity index (χ3n) is 6.70. The Bertz CT molecular complexity index is 1540. The van der Waals surface area contributed by atoms with Crippen molar-refractivity contribution in [1.82, 2.24) is 10.2 Å². The fourth-order valence-electron chi connectivity index (χ4n) is 4.54. The summed E-state index contributed by atoms with van der Waals surface area (Å²) in [6, 6.07) is 27.6. The Balaban J connectivity index is 1.61. The van der Waals surface area contributed by atoms with Crippen LogP contribution < -0.4 is 10.1 Å². The van der Waals surface area contributed by atoms with Gasteiger partial charge in [-0.1, -0.05) is 66.7 Å². The Kier molecular flexibility index (Phi) is 9.83. The number of aliphatic carboxylic acids is 1. The molecule has 0 aromatic heterocycles. The number of nitrogens with one attached hydrogen (secondary N) is 1. The van der Waals surface area contributed by atoms with E-state index in [1.807, 2.05) is 24.3 Å². The number of hydrogen-bond acceptors (Lipinski definition) is 4. The summed E-state index contributed by atoms with van der Waals surface area (Å²) in [6.45, 7) is 0.323. The van der Waals surface area contributed by atoms with Gasteiger partial charge < -0.3 is 20.1 Å². The van der Waals surface area contributed by atoms with Crippen molar-refractivity contribution in [2.45, 2.75) is 19.4 Å². The van der Waals surface area contributed by atoms with Crippen molar-refractivity contribution in [3.63, 3.8) is 0 Å². The molecule has 0 aliphatic heterocycles. The van der Waals surface area contributed by atoms with Crippen LogP contribution in [0.2, 0.25) is 0 Å². The smallest absolute Gasteiger partial charge is 0.305 e. The van der Waals surface area contributed by atoms with E-state index in [0.29, 0.717) is 46.5 Å². The maximum absolute atomic E-state index is 14.1. The second-order valence-electron chi connectivity index (χ2n) is 9.40. The van der Waals surface area contributed by atoms with Crippen LogP contribution in [-0.4, -0.2) is 48.0 Å². The summed E-state index contributed by atoms with van der Waals surface area (Å²) >= 11 is 0. The molecule has 0 bridgehead atoms. The van der Waals surface area contributed by atoms with E-state index < -0.39 is 17.7 Å². The van der Waals surface area contributed by atoms with Crippen LogP contribution in [0.4, 0.5) is 4.39 Å². The van der Waals surface area contributed by atoms with E-state index in [1.54, 1.807) is 73.8 Å². The molecule has 0 aliphatic rings. The largest absolute Gasteiger partial charge is 0.497 e. The van der Waals surface area contributed by atoms with Gasteiger partial charge in [-0.25, -0.2) is 4.39 Å². The average molecular weight is 555 g/mol. The summed E-state index contributed by atoms with van der Waals surface area (Å²) in [5, 5.41) is 12.1. The second-order valence-corrected chi connectivity index (χ2v) is 9.40. The van der Waals surface area contributed by atoms with Gasteiger partial charge in [0.25, 0.3) is 11.8 Å². The first-order chi connectivity index (χ1) is 19.9. The topological polar surface area (TPSA) is 95.9 Å². The predicted octanol–water partition coefficient (Wildman–Crippen LogP) is 5.59. The van der Waals surface area contributed by atoms with E-state index in [1.165, 1.54) is 11.0 Å². The van der Waals surface area contributed by atoms with Crippen LogP contribution in [0.1, 0.15) is 38.3 Å². The number of methoxy groups -OCH3 is 1. The maximum atomic E-state index is 14.1. The minimum absolute atomic E-state index is 0.00760. The predicted molar refractivity (Wildman–Crippen MR) is 154 cm³/mol. The maximum Gasteiger partial charge on any atom is 0.305 e. The van der Waals surface area contributed by atoms with Gasteiger partial charge in [-0.2, -0.15) is 0 Å². The summed E-state index contributed by atoms with van der Waals surface area (Å²) in [6.07, 6.45) is 0.292. The summed E-state index contributed by atoms with van der Waals surface area (Å²) in [7, 11) is 1.58. The van der Waals surface area contributed by atoms with Crippen LogP contribution in [0.5, 0.6) is 5.75 Å². The lowest BCUT2D eigenvalue weighted by molar-refractivity contribution is -0.137. The number of carboxylic acid groups (broad SMARTS) is 1. The first kappa shape index (κ1) is 29.0. The van der Waals surface area contributed by atoms with Crippen molar-refractivity contribution in [3.8, 4) is 16.9 Å². The lowest BCUT2D eigenvalue weighted by atomic mass is 9.94. The summed E-state index contributed by atoms with van der Waals surface area (Å²) in [5.41, 5.74) is 3.06. The van der Waals surface area contributed by atoms with Crippen LogP contribution in [0.25, 0.3) is 11.1 Å². The average Bonchev–Trinajstić information content (AvgIpc) is 3.00. The van der Waals surface area contributed by atoms with Gasteiger partial charge in [-0.05, 0) is 53.4 Å². The molecule has 7 nitrogen and oxygen atoms in total. The molecule has 4 aromatic rings. The third-order valence-corrected chi connectivity index (χ3v) is 6.70. The van der Waals surface area contributed by atoms with Crippen LogP contribution in [0.15, 0.2) is 97.1 Å². The quantitative estimate of drug-likeness (QED) is 0.238. The molecule has 0 unspecified atom stereocenters. The van der Waals surface area contributed by atoms with E-state index in [-0.39, 0.29) is 25.4 Å². The number of carbonyl (C=O) groups is 3. The number of benzene rings is 4. The number of hydrogen-bond donors (Lipinski definition) is 2. The molecule has 0 saturated carbocycles. The molecule has 0 spiro atoms. The molecule has 0 saturated heterocycles. The Morgan fingerprint density at radius 3 is 2.20 bits per heavy atom. The van der Waals surface area contributed by atoms with E-state index in [4.69, 9.17) is 4.74 Å². The summed E-state index contributed by atoms with van der Waals surface area (Å²) in [4.78, 5) is 40.0. The molecule has 0 radical (unpaired) electrons. The second kappa shape index (κ2) is 13.9. The van der Waals surface area contributed by atoms with Crippen molar-refractivity contribution >= 4 is 17.8 Å². The molecular formula is C33H31FN2O5. The highest BCUT2D eigenvalue weighted by Crippen LogP contribution is 2.29. The van der Waals surface area contributed by atoms with Gasteiger partial charge in [-0.15, -0.1) is 0 Å². The van der Waals surface area contributed by atoms with Crippen LogP contribution in [0, 0.1) is 5.82 Å². The summed E-state index contributed by atoms with van der Waals surface area (Å²) < 4.78 is 19.4. The fourth-order valence-corrected chi connectivity index (χ4v) is 4.54. The Morgan fingerprint density at radius 2 is 1.49 bits per heavy atom. The molecule has 0 fully saturated rings. The molecule has 41 heavy (non-hydrogen) atoms. The van der Waals surface area contributed by atoms with Crippen LogP contribution in [-0.2, 0) is 17.8 Å². The first-order valence-corrected chi connectivity index (χ1v) is 13.2. The Morgan fingerprint density at radius 1 is 0.829 bits per heavy atom. The molecule has 0 atom stereocenters. The van der Waals surface area contributed by atoms with Gasteiger partial charge in [0.05, 0.1) is 13.5 Å². The normalized spacial score (nSPS) is 10.6. The van der Waals surface area contributed by atoms with Crippen molar-refractivity contribution < 1.29 is 28.6 Å². The molecule has 4 aromatic carbocycles. The van der Waals surface area contributed by atoms with Gasteiger partial charge in [0.15, 0.2) is 0 Å². The highest BCUT2D eigenvalue weighted by molar-refractivity contribution is 6.06. The highest BCUT2D eigenvalue weighted by Gasteiger charge is 2.22. The molecule has 0 heterocycles. The van der Waals surface area contributed by atoms with Crippen LogP contribution in [0.3, 0.4) is 0 Å². The number of amides is 2. The van der Waals surface area contributed by atoms with E-state index in [2.05, 4.69) is 5.32 Å². The third kappa shape index (κ3) is 7.57. The molecular weight excluding hydrogens is 523 g/mol. The molecule has 4 rings (SSSR count). The zero-order valence-corrected chi connectivity index (χ0v) is 22.7. The molecule has 0 aliphatic carbocycles. The molecule has 2 amide bonds. The number of halogens is 1. The van der Waals surface area contributed by atoms with Crippen molar-refractivity contribution in [3.05, 3.63) is 125 Å².